The lowest BCUT2D eigenvalue weighted by molar-refractivity contribution is -0.142. The molecule has 0 saturated carbocycles. The number of carboxylic acids is 1. The Labute approximate surface area is 205 Å². The molecule has 2 rings (SSSR count). The summed E-state index contributed by atoms with van der Waals surface area (Å²) >= 11 is 0. The van der Waals surface area contributed by atoms with Crippen LogP contribution in [0, 0.1) is 0 Å². The van der Waals surface area contributed by atoms with Gasteiger partial charge < -0.3 is 26.8 Å². The number of carbonyl (C=O) groups excluding carboxylic acids is 3. The van der Waals surface area contributed by atoms with Crippen LogP contribution in [0.15, 0.2) is 60.7 Å². The zero-order chi connectivity index (χ0) is 25.6. The predicted molar refractivity (Wildman–Crippen MR) is 132 cm³/mol. The summed E-state index contributed by atoms with van der Waals surface area (Å²) in [6.45, 7) is 1.74. The molecule has 0 aliphatic carbocycles. The molecule has 9 nitrogen and oxygen atoms in total. The molecule has 0 heterocycles. The van der Waals surface area contributed by atoms with E-state index in [2.05, 4.69) is 16.0 Å². The molecule has 3 amide bonds. The lowest BCUT2D eigenvalue weighted by Gasteiger charge is -2.24. The third-order valence-electron chi connectivity index (χ3n) is 5.45. The van der Waals surface area contributed by atoms with Crippen molar-refractivity contribution in [3.63, 3.8) is 0 Å². The summed E-state index contributed by atoms with van der Waals surface area (Å²) in [4.78, 5) is 49.7. The minimum absolute atomic E-state index is 0.105. The van der Waals surface area contributed by atoms with Crippen LogP contribution >= 0.6 is 0 Å². The van der Waals surface area contributed by atoms with E-state index >= 15 is 0 Å². The van der Waals surface area contributed by atoms with Crippen molar-refractivity contribution in [2.45, 2.75) is 57.2 Å². The Hall–Kier alpha value is -3.72. The van der Waals surface area contributed by atoms with Gasteiger partial charge >= 0.3 is 5.97 Å². The lowest BCUT2D eigenvalue weighted by Crippen LogP contribution is -2.56. The first-order valence-electron chi connectivity index (χ1n) is 11.7. The molecule has 0 unspecified atom stereocenters. The van der Waals surface area contributed by atoms with Gasteiger partial charge in [0.1, 0.15) is 18.1 Å². The smallest absolute Gasteiger partial charge is 0.326 e. The molecule has 35 heavy (non-hydrogen) atoms. The van der Waals surface area contributed by atoms with E-state index in [9.17, 15) is 24.3 Å². The van der Waals surface area contributed by atoms with Gasteiger partial charge in [-0.1, -0.05) is 60.7 Å². The number of rotatable bonds is 14. The van der Waals surface area contributed by atoms with Crippen LogP contribution < -0.4 is 21.7 Å². The van der Waals surface area contributed by atoms with Crippen LogP contribution in [0.5, 0.6) is 0 Å². The molecule has 0 spiro atoms. The van der Waals surface area contributed by atoms with Crippen molar-refractivity contribution in [1.29, 1.82) is 0 Å². The Morgan fingerprint density at radius 3 is 1.71 bits per heavy atom. The summed E-state index contributed by atoms with van der Waals surface area (Å²) in [5.74, 6) is -2.67. The SMILES string of the molecule is CC(=O)N[C@H](Cc1ccccc1)C(=O)N[C@H](CCCCN)C(=O)N[C@H](Cc1ccccc1)C(=O)O. The van der Waals surface area contributed by atoms with Crippen LogP contribution in [0.1, 0.15) is 37.3 Å². The molecule has 2 aromatic carbocycles. The summed E-state index contributed by atoms with van der Waals surface area (Å²) < 4.78 is 0. The van der Waals surface area contributed by atoms with Crippen molar-refractivity contribution in [1.82, 2.24) is 16.0 Å². The molecule has 3 atom stereocenters. The number of aliphatic carboxylic acids is 1. The highest BCUT2D eigenvalue weighted by Gasteiger charge is 2.29. The number of nitrogens with one attached hydrogen (secondary N) is 3. The maximum absolute atomic E-state index is 13.1. The Bertz CT molecular complexity index is 968. The van der Waals surface area contributed by atoms with Crippen molar-refractivity contribution in [3.05, 3.63) is 71.8 Å². The van der Waals surface area contributed by atoms with E-state index in [1.165, 1.54) is 6.92 Å². The standard InChI is InChI=1S/C26H34N4O5/c1-18(31)28-22(16-19-10-4-2-5-11-19)25(33)29-21(14-8-9-15-27)24(32)30-23(26(34)35)17-20-12-6-3-7-13-20/h2-7,10-13,21-23H,8-9,14-17,27H2,1H3,(H,28,31)(H,29,33)(H,30,32)(H,34,35)/t21-,22-,23-/m1/s1. The molecule has 0 aliphatic rings. The van der Waals surface area contributed by atoms with Crippen LogP contribution in [-0.4, -0.2) is 53.5 Å². The second-order valence-corrected chi connectivity index (χ2v) is 8.38. The summed E-state index contributed by atoms with van der Waals surface area (Å²) in [5.41, 5.74) is 7.18. The highest BCUT2D eigenvalue weighted by atomic mass is 16.4. The first-order valence-corrected chi connectivity index (χ1v) is 11.7. The molecule has 0 bridgehead atoms. The normalized spacial score (nSPS) is 13.2. The van der Waals surface area contributed by atoms with Gasteiger partial charge in [-0.25, -0.2) is 4.79 Å². The van der Waals surface area contributed by atoms with E-state index in [1.807, 2.05) is 36.4 Å². The number of benzene rings is 2. The third-order valence-corrected chi connectivity index (χ3v) is 5.45. The second kappa shape index (κ2) is 14.5. The molecule has 0 aromatic heterocycles. The van der Waals surface area contributed by atoms with Crippen molar-refractivity contribution < 1.29 is 24.3 Å². The number of hydrogen-bond donors (Lipinski definition) is 5. The van der Waals surface area contributed by atoms with Gasteiger partial charge in [0.2, 0.25) is 17.7 Å². The number of carbonyl (C=O) groups is 4. The average molecular weight is 483 g/mol. The zero-order valence-corrected chi connectivity index (χ0v) is 19.9. The van der Waals surface area contributed by atoms with E-state index in [0.717, 1.165) is 11.1 Å². The topological polar surface area (TPSA) is 151 Å². The van der Waals surface area contributed by atoms with E-state index in [1.54, 1.807) is 24.3 Å². The third kappa shape index (κ3) is 9.97. The van der Waals surface area contributed by atoms with Gasteiger partial charge in [-0.2, -0.15) is 0 Å². The molecule has 6 N–H and O–H groups in total. The average Bonchev–Trinajstić information content (AvgIpc) is 2.83. The molecule has 0 saturated heterocycles. The van der Waals surface area contributed by atoms with Crippen molar-refractivity contribution in [3.8, 4) is 0 Å². The molecule has 0 fully saturated rings. The Morgan fingerprint density at radius 2 is 1.23 bits per heavy atom. The van der Waals surface area contributed by atoms with Gasteiger partial charge in [0.25, 0.3) is 0 Å². The van der Waals surface area contributed by atoms with Gasteiger partial charge in [-0.3, -0.25) is 14.4 Å². The van der Waals surface area contributed by atoms with Crippen LogP contribution in [-0.2, 0) is 32.0 Å². The van der Waals surface area contributed by atoms with Crippen molar-refractivity contribution in [2.24, 2.45) is 5.73 Å². The zero-order valence-electron chi connectivity index (χ0n) is 19.9. The fourth-order valence-corrected chi connectivity index (χ4v) is 3.66. The summed E-state index contributed by atoms with van der Waals surface area (Å²) in [7, 11) is 0. The van der Waals surface area contributed by atoms with Crippen molar-refractivity contribution >= 4 is 23.7 Å². The first kappa shape index (κ1) is 27.5. The van der Waals surface area contributed by atoms with E-state index in [4.69, 9.17) is 5.73 Å². The molecular weight excluding hydrogens is 448 g/mol. The Kier molecular flexibility index (Phi) is 11.4. The Balaban J connectivity index is 2.14. The van der Waals surface area contributed by atoms with E-state index in [-0.39, 0.29) is 25.2 Å². The van der Waals surface area contributed by atoms with Crippen LogP contribution in [0.4, 0.5) is 0 Å². The molecule has 9 heteroatoms. The summed E-state index contributed by atoms with van der Waals surface area (Å²) in [6, 6.07) is 15.1. The largest absolute Gasteiger partial charge is 0.480 e. The first-order chi connectivity index (χ1) is 16.8. The molecule has 188 valence electrons. The lowest BCUT2D eigenvalue weighted by atomic mass is 10.0. The van der Waals surface area contributed by atoms with Gasteiger partial charge in [0.15, 0.2) is 0 Å². The number of amides is 3. The quantitative estimate of drug-likeness (QED) is 0.255. The van der Waals surface area contributed by atoms with Crippen LogP contribution in [0.2, 0.25) is 0 Å². The highest BCUT2D eigenvalue weighted by Crippen LogP contribution is 2.08. The summed E-state index contributed by atoms with van der Waals surface area (Å²) in [6.07, 6.45) is 1.84. The number of nitrogens with two attached hydrogens (primary N) is 1. The molecule has 2 aromatic rings. The fourth-order valence-electron chi connectivity index (χ4n) is 3.66. The van der Waals surface area contributed by atoms with E-state index < -0.39 is 35.9 Å². The molecule has 0 radical (unpaired) electrons. The minimum atomic E-state index is -1.17. The van der Waals surface area contributed by atoms with Gasteiger partial charge in [-0.05, 0) is 36.9 Å². The maximum atomic E-state index is 13.1. The number of hydrogen-bond acceptors (Lipinski definition) is 5. The van der Waals surface area contributed by atoms with Gasteiger partial charge in [-0.15, -0.1) is 0 Å². The maximum Gasteiger partial charge on any atom is 0.326 e. The highest BCUT2D eigenvalue weighted by molar-refractivity contribution is 5.93. The van der Waals surface area contributed by atoms with Crippen LogP contribution in [0.25, 0.3) is 0 Å². The van der Waals surface area contributed by atoms with Gasteiger partial charge in [0, 0.05) is 19.8 Å². The molecular formula is C26H34N4O5. The fraction of sp³-hybridized carbons (Fsp3) is 0.385. The molecule has 0 aliphatic heterocycles. The monoisotopic (exact) mass is 482 g/mol. The van der Waals surface area contributed by atoms with Crippen LogP contribution in [0.3, 0.4) is 0 Å². The van der Waals surface area contributed by atoms with E-state index in [0.29, 0.717) is 19.4 Å². The second-order valence-electron chi connectivity index (χ2n) is 8.38. The van der Waals surface area contributed by atoms with Crippen molar-refractivity contribution in [2.75, 3.05) is 6.54 Å². The van der Waals surface area contributed by atoms with Gasteiger partial charge in [0.05, 0.1) is 0 Å². The minimum Gasteiger partial charge on any atom is -0.480 e. The predicted octanol–water partition coefficient (Wildman–Crippen LogP) is 1.16. The summed E-state index contributed by atoms with van der Waals surface area (Å²) in [5, 5.41) is 17.5. The number of carboxylic acid groups (broad SMARTS) is 1. The Morgan fingerprint density at radius 1 is 0.743 bits per heavy atom. The number of unbranched alkanes of at least 4 members (excludes halogenated alkanes) is 1.